The summed E-state index contributed by atoms with van der Waals surface area (Å²) < 4.78 is 30.8. The highest BCUT2D eigenvalue weighted by molar-refractivity contribution is 7.83. The lowest BCUT2D eigenvalue weighted by molar-refractivity contribution is -0.119. The molecule has 2 fully saturated rings. The molecule has 2 aliphatic rings. The summed E-state index contributed by atoms with van der Waals surface area (Å²) in [6, 6.07) is -0.466. The van der Waals surface area contributed by atoms with Crippen LogP contribution in [0.3, 0.4) is 0 Å². The Balaban J connectivity index is 2.14. The second-order valence-electron chi connectivity index (χ2n) is 2.99. The first-order valence-electron chi connectivity index (χ1n) is 3.52. The van der Waals surface area contributed by atoms with Crippen LogP contribution in [0, 0.1) is 0 Å². The number of carbonyl (C=O) groups excluding carboxylic acids is 1. The van der Waals surface area contributed by atoms with Crippen LogP contribution in [0.15, 0.2) is 0 Å². The Morgan fingerprint density at radius 2 is 2.25 bits per heavy atom. The highest BCUT2D eigenvalue weighted by Gasteiger charge is 2.50. The second-order valence-corrected chi connectivity index (χ2v) is 4.36. The van der Waals surface area contributed by atoms with Gasteiger partial charge in [0.15, 0.2) is 0 Å². The van der Waals surface area contributed by atoms with Crippen molar-refractivity contribution in [2.75, 3.05) is 6.54 Å². The molecule has 1 amide bonds. The number of nitrogens with zero attached hydrogens (tertiary/aromatic N) is 1. The van der Waals surface area contributed by atoms with Crippen LogP contribution in [0.25, 0.3) is 0 Å². The fraction of sp³-hybridized carbons (Fsp3) is 0.800. The van der Waals surface area contributed by atoms with Gasteiger partial charge in [0, 0.05) is 13.0 Å². The van der Waals surface area contributed by atoms with Crippen molar-refractivity contribution in [3.05, 3.63) is 0 Å². The predicted molar refractivity (Wildman–Crippen MR) is 38.6 cm³/mol. The van der Waals surface area contributed by atoms with Crippen molar-refractivity contribution in [1.29, 1.82) is 0 Å². The van der Waals surface area contributed by atoms with Crippen LogP contribution in [0.5, 0.6) is 0 Å². The number of carbonyl (C=O) groups is 1. The molecule has 6 nitrogen and oxygen atoms in total. The van der Waals surface area contributed by atoms with Crippen molar-refractivity contribution in [1.82, 2.24) is 9.62 Å². The lowest BCUT2D eigenvalue weighted by atomic mass is 10.0. The van der Waals surface area contributed by atoms with Crippen molar-refractivity contribution in [2.24, 2.45) is 0 Å². The standard InChI is InChI=1S/C5H8N2O4S/c8-5-1-4-3(6-5)2-7(4)12(9,10)11/h3-4H,1-2H2,(H,6,8)(H,9,10,11). The van der Waals surface area contributed by atoms with E-state index in [1.807, 2.05) is 0 Å². The molecule has 0 aromatic heterocycles. The van der Waals surface area contributed by atoms with Gasteiger partial charge in [-0.3, -0.25) is 9.35 Å². The third-order valence-electron chi connectivity index (χ3n) is 2.25. The van der Waals surface area contributed by atoms with E-state index in [1.165, 1.54) is 0 Å². The minimum atomic E-state index is -4.10. The summed E-state index contributed by atoms with van der Waals surface area (Å²) in [4.78, 5) is 10.8. The van der Waals surface area contributed by atoms with Crippen molar-refractivity contribution >= 4 is 16.2 Å². The SMILES string of the molecule is O=C1CC2C(CN2S(=O)(=O)O)N1. The van der Waals surface area contributed by atoms with Crippen molar-refractivity contribution in [3.8, 4) is 0 Å². The minimum Gasteiger partial charge on any atom is -0.350 e. The third-order valence-corrected chi connectivity index (χ3v) is 3.26. The quantitative estimate of drug-likeness (QED) is 0.488. The van der Waals surface area contributed by atoms with Crippen LogP contribution in [-0.2, 0) is 15.1 Å². The number of fused-ring (bicyclic) bond motifs is 1. The zero-order valence-electron chi connectivity index (χ0n) is 6.10. The highest BCUT2D eigenvalue weighted by Crippen LogP contribution is 2.28. The summed E-state index contributed by atoms with van der Waals surface area (Å²) in [6.07, 6.45) is 0.157. The largest absolute Gasteiger partial charge is 0.350 e. The molecule has 2 aliphatic heterocycles. The maximum absolute atomic E-state index is 10.8. The van der Waals surface area contributed by atoms with E-state index >= 15 is 0 Å². The lowest BCUT2D eigenvalue weighted by Gasteiger charge is -2.39. The number of hydrogen-bond acceptors (Lipinski definition) is 3. The van der Waals surface area contributed by atoms with Gasteiger partial charge in [0.1, 0.15) is 0 Å². The van der Waals surface area contributed by atoms with Crippen molar-refractivity contribution in [2.45, 2.75) is 18.5 Å². The van der Waals surface area contributed by atoms with Crippen molar-refractivity contribution < 1.29 is 17.8 Å². The first-order valence-corrected chi connectivity index (χ1v) is 4.92. The molecule has 2 saturated heterocycles. The number of nitrogens with one attached hydrogen (secondary N) is 1. The second kappa shape index (κ2) is 2.18. The molecular formula is C5H8N2O4S. The number of hydrogen-bond donors (Lipinski definition) is 2. The summed E-state index contributed by atoms with van der Waals surface area (Å²) in [5.74, 6) is -0.156. The van der Waals surface area contributed by atoms with Crippen molar-refractivity contribution in [3.63, 3.8) is 0 Å². The van der Waals surface area contributed by atoms with Crippen LogP contribution in [-0.4, -0.2) is 41.8 Å². The molecule has 0 aromatic carbocycles. The summed E-state index contributed by atoms with van der Waals surface area (Å²) in [5, 5.41) is 2.60. The third kappa shape index (κ3) is 1.01. The zero-order chi connectivity index (χ0) is 8.93. The van der Waals surface area contributed by atoms with E-state index in [0.29, 0.717) is 0 Å². The Morgan fingerprint density at radius 1 is 1.58 bits per heavy atom. The first-order chi connectivity index (χ1) is 5.48. The van der Waals surface area contributed by atoms with Crippen LogP contribution < -0.4 is 5.32 Å². The van der Waals surface area contributed by atoms with E-state index < -0.39 is 10.3 Å². The van der Waals surface area contributed by atoms with Gasteiger partial charge in [-0.2, -0.15) is 12.7 Å². The highest BCUT2D eigenvalue weighted by atomic mass is 32.2. The summed E-state index contributed by atoms with van der Waals surface area (Å²) in [6.45, 7) is 0.190. The summed E-state index contributed by atoms with van der Waals surface area (Å²) >= 11 is 0. The van der Waals surface area contributed by atoms with Gasteiger partial charge in [-0.1, -0.05) is 0 Å². The lowest BCUT2D eigenvalue weighted by Crippen LogP contribution is -2.62. The van der Waals surface area contributed by atoms with Gasteiger partial charge in [0.05, 0.1) is 12.1 Å². The molecular weight excluding hydrogens is 184 g/mol. The molecule has 0 aromatic rings. The number of rotatable bonds is 1. The normalized spacial score (nSPS) is 35.6. The van der Waals surface area contributed by atoms with Gasteiger partial charge >= 0.3 is 10.3 Å². The van der Waals surface area contributed by atoms with Gasteiger partial charge in [-0.05, 0) is 0 Å². The molecule has 0 bridgehead atoms. The maximum atomic E-state index is 10.8. The van der Waals surface area contributed by atoms with Crippen LogP contribution >= 0.6 is 0 Å². The summed E-state index contributed by atoms with van der Waals surface area (Å²) in [5.41, 5.74) is 0. The molecule has 2 heterocycles. The first kappa shape index (κ1) is 7.96. The molecule has 0 radical (unpaired) electrons. The van der Waals surface area contributed by atoms with Gasteiger partial charge in [0.25, 0.3) is 0 Å². The molecule has 12 heavy (non-hydrogen) atoms. The Kier molecular flexibility index (Phi) is 1.45. The van der Waals surface area contributed by atoms with E-state index in [9.17, 15) is 13.2 Å². The van der Waals surface area contributed by atoms with E-state index in [4.69, 9.17) is 4.55 Å². The van der Waals surface area contributed by atoms with E-state index in [2.05, 4.69) is 5.32 Å². The van der Waals surface area contributed by atoms with Gasteiger partial charge in [-0.15, -0.1) is 0 Å². The monoisotopic (exact) mass is 192 g/mol. The molecule has 2 unspecified atom stereocenters. The van der Waals surface area contributed by atoms with E-state index in [1.54, 1.807) is 0 Å². The molecule has 2 rings (SSSR count). The topological polar surface area (TPSA) is 86.7 Å². The van der Waals surface area contributed by atoms with Crippen LogP contribution in [0.1, 0.15) is 6.42 Å². The Bertz CT molecular complexity index is 324. The molecule has 0 saturated carbocycles. The fourth-order valence-electron chi connectivity index (χ4n) is 1.62. The molecule has 2 N–H and O–H groups in total. The maximum Gasteiger partial charge on any atom is 0.336 e. The number of amides is 1. The molecule has 2 atom stereocenters. The minimum absolute atomic E-state index is 0.0978. The molecule has 68 valence electrons. The Hall–Kier alpha value is -0.660. The molecule has 0 aliphatic carbocycles. The summed E-state index contributed by atoms with van der Waals surface area (Å²) in [7, 11) is -4.10. The van der Waals surface area contributed by atoms with Crippen LogP contribution in [0.2, 0.25) is 0 Å². The Morgan fingerprint density at radius 3 is 2.75 bits per heavy atom. The fourth-order valence-corrected chi connectivity index (χ4v) is 2.53. The smallest absolute Gasteiger partial charge is 0.336 e. The Labute approximate surface area is 69.4 Å². The van der Waals surface area contributed by atoms with Gasteiger partial charge in [0.2, 0.25) is 5.91 Å². The van der Waals surface area contributed by atoms with Crippen LogP contribution in [0.4, 0.5) is 0 Å². The molecule has 0 spiro atoms. The predicted octanol–water partition coefficient (Wildman–Crippen LogP) is -1.64. The van der Waals surface area contributed by atoms with Gasteiger partial charge < -0.3 is 5.32 Å². The van der Waals surface area contributed by atoms with Gasteiger partial charge in [-0.25, -0.2) is 0 Å². The molecule has 7 heteroatoms. The van der Waals surface area contributed by atoms with E-state index in [0.717, 1.165) is 4.31 Å². The zero-order valence-corrected chi connectivity index (χ0v) is 6.91. The van der Waals surface area contributed by atoms with E-state index in [-0.39, 0.29) is 31.0 Å². The average Bonchev–Trinajstić information content (AvgIpc) is 2.11. The average molecular weight is 192 g/mol.